The molecular weight excluding hydrogens is 363 g/mol. The molecule has 1 aliphatic heterocycles. The maximum absolute atomic E-state index is 12.9. The van der Waals surface area contributed by atoms with Crippen LogP contribution in [0.4, 0.5) is 13.2 Å². The molecule has 0 saturated heterocycles. The minimum atomic E-state index is -1.34. The summed E-state index contributed by atoms with van der Waals surface area (Å²) in [6.45, 7) is 0. The fraction of sp³-hybridized carbons (Fsp3) is 0.250. The number of hydrogen-bond donors (Lipinski definition) is 0. The van der Waals surface area contributed by atoms with Crippen LogP contribution in [0.25, 0.3) is 0 Å². The molecule has 12 heavy (non-hydrogen) atoms. The first kappa shape index (κ1) is 8.49. The van der Waals surface area contributed by atoms with Crippen LogP contribution in [0.1, 0.15) is 5.56 Å². The normalized spacial score (nSPS) is 21.1. The van der Waals surface area contributed by atoms with E-state index in [1.54, 1.807) is 0 Å². The van der Waals surface area contributed by atoms with Crippen molar-refractivity contribution in [2.75, 3.05) is 0 Å². The van der Waals surface area contributed by atoms with Crippen LogP contribution in [0.3, 0.4) is 0 Å². The van der Waals surface area contributed by atoms with E-state index in [1.165, 1.54) is 0 Å². The maximum atomic E-state index is 12.9. The van der Waals surface area contributed by atoms with Gasteiger partial charge in [-0.15, -0.1) is 0 Å². The Morgan fingerprint density at radius 1 is 1.25 bits per heavy atom. The van der Waals surface area contributed by atoms with Crippen LogP contribution in [0.2, 0.25) is 0 Å². The number of fused-ring (bicyclic) bond motifs is 1. The molecule has 0 bridgehead atoms. The Kier molecular flexibility index (Phi) is 2.11. The molecule has 0 aromatic heterocycles. The quantitative estimate of drug-likeness (QED) is 0.652. The average molecular weight is 368 g/mol. The fourth-order valence-corrected chi connectivity index (χ4v) is 4.82. The molecule has 0 amide bonds. The predicted octanol–water partition coefficient (Wildman–Crippen LogP) is 1.53. The van der Waals surface area contributed by atoms with E-state index in [9.17, 15) is 13.2 Å². The van der Waals surface area contributed by atoms with E-state index in [4.69, 9.17) is 0 Å². The third-order valence-electron chi connectivity index (χ3n) is 1.72. The number of rotatable bonds is 0. The van der Waals surface area contributed by atoms with Gasteiger partial charge < -0.3 is 0 Å². The predicted molar refractivity (Wildman–Crippen MR) is 34.6 cm³/mol. The summed E-state index contributed by atoms with van der Waals surface area (Å²) in [5, 5.41) is 0. The second kappa shape index (κ2) is 2.99. The number of hydrogen-bond acceptors (Lipinski definition) is 0. The molecule has 0 aliphatic carbocycles. The summed E-state index contributed by atoms with van der Waals surface area (Å²) in [5.74, 6) is -0.882. The van der Waals surface area contributed by atoms with Gasteiger partial charge in [0.05, 0.1) is 0 Å². The standard InChI is InChI=1S/C8H5AtF3/c10-5-1-2-6(11)8-4(5)3-7(12)9-8/h1-2,7H,3H2/t7-/m1/s1. The van der Waals surface area contributed by atoms with Crippen LogP contribution >= 0.6 is 0 Å². The summed E-state index contributed by atoms with van der Waals surface area (Å²) >= 11 is -1.34. The topological polar surface area (TPSA) is 0 Å². The third-order valence-corrected chi connectivity index (χ3v) is 5.68. The van der Waals surface area contributed by atoms with Gasteiger partial charge in [-0.2, -0.15) is 0 Å². The van der Waals surface area contributed by atoms with Crippen LogP contribution in [-0.2, 0) is 6.42 Å². The van der Waals surface area contributed by atoms with Gasteiger partial charge in [0.1, 0.15) is 0 Å². The van der Waals surface area contributed by atoms with Crippen LogP contribution in [0.15, 0.2) is 12.1 Å². The molecule has 0 saturated carbocycles. The molecule has 2 rings (SSSR count). The summed E-state index contributed by atoms with van der Waals surface area (Å²) in [5.41, 5.74) is 0.279. The van der Waals surface area contributed by atoms with Gasteiger partial charge in [-0.25, -0.2) is 0 Å². The van der Waals surface area contributed by atoms with Crippen LogP contribution in [0.5, 0.6) is 0 Å². The Morgan fingerprint density at radius 2 is 1.92 bits per heavy atom. The van der Waals surface area contributed by atoms with Crippen molar-refractivity contribution >= 4 is 3.27 Å². The first-order valence-electron chi connectivity index (χ1n) is 3.43. The molecule has 0 unspecified atom stereocenters. The first-order valence-corrected chi connectivity index (χ1v) is 6.59. The second-order valence-electron chi connectivity index (χ2n) is 2.53. The molecule has 1 aromatic carbocycles. The Hall–Kier alpha value is -0.107. The molecular formula is C8H5AtF3. The Morgan fingerprint density at radius 3 is 2.58 bits per heavy atom. The van der Waals surface area contributed by atoms with Gasteiger partial charge in [-0.3, -0.25) is 0 Å². The van der Waals surface area contributed by atoms with Crippen molar-refractivity contribution in [1.29, 1.82) is 0 Å². The molecule has 4 heteroatoms. The van der Waals surface area contributed by atoms with Crippen molar-refractivity contribution in [3.63, 3.8) is 0 Å². The molecule has 1 radical (unpaired) electrons. The van der Waals surface area contributed by atoms with Crippen LogP contribution in [0, 0.1) is 34.9 Å². The first-order chi connectivity index (χ1) is 5.68. The SMILES string of the molecule is Fc1ccc(F)c2c1C[C@@H](F)[At]2. The number of halogens is 3. The van der Waals surface area contributed by atoms with Gasteiger partial charge in [0.25, 0.3) is 0 Å². The van der Waals surface area contributed by atoms with Gasteiger partial charge in [0, 0.05) is 0 Å². The number of alkyl halides is 1. The van der Waals surface area contributed by atoms with Crippen molar-refractivity contribution in [2.45, 2.75) is 10.3 Å². The minimum absolute atomic E-state index is 0.0807. The molecule has 1 aromatic rings. The van der Waals surface area contributed by atoms with Crippen LogP contribution in [-0.4, -0.2) is 3.88 Å². The van der Waals surface area contributed by atoms with Gasteiger partial charge in [-0.1, -0.05) is 0 Å². The summed E-state index contributed by atoms with van der Waals surface area (Å²) in [6.07, 6.45) is 0.0807. The number of benzene rings is 1. The van der Waals surface area contributed by atoms with E-state index in [1.807, 2.05) is 0 Å². The van der Waals surface area contributed by atoms with Gasteiger partial charge >= 0.3 is 79.3 Å². The van der Waals surface area contributed by atoms with E-state index in [-0.39, 0.29) is 12.0 Å². The molecule has 1 atom stereocenters. The zero-order valence-electron chi connectivity index (χ0n) is 5.95. The van der Waals surface area contributed by atoms with Crippen molar-refractivity contribution in [1.82, 2.24) is 0 Å². The monoisotopic (exact) mass is 368 g/mol. The van der Waals surface area contributed by atoms with Gasteiger partial charge in [0.15, 0.2) is 0 Å². The van der Waals surface area contributed by atoms with Crippen molar-refractivity contribution < 1.29 is 36.4 Å². The van der Waals surface area contributed by atoms with Gasteiger partial charge in [-0.05, 0) is 0 Å². The summed E-state index contributed by atoms with van der Waals surface area (Å²) in [6, 6.07) is 2.16. The Bertz CT molecular complexity index is 293. The Labute approximate surface area is 79.3 Å². The van der Waals surface area contributed by atoms with Crippen molar-refractivity contribution in [3.8, 4) is 0 Å². The molecule has 0 N–H and O–H groups in total. The van der Waals surface area contributed by atoms with Crippen LogP contribution < -0.4 is 3.27 Å². The molecule has 65 valence electrons. The summed E-state index contributed by atoms with van der Waals surface area (Å²) in [4.78, 5) is 0. The fourth-order valence-electron chi connectivity index (χ4n) is 1.19. The summed E-state index contributed by atoms with van der Waals surface area (Å²) in [7, 11) is 0. The zero-order chi connectivity index (χ0) is 8.72. The summed E-state index contributed by atoms with van der Waals surface area (Å²) < 4.78 is 38.1. The van der Waals surface area contributed by atoms with Gasteiger partial charge in [0.2, 0.25) is 0 Å². The Balaban J connectivity index is 2.56. The van der Waals surface area contributed by atoms with Crippen molar-refractivity contribution in [2.24, 2.45) is 0 Å². The second-order valence-corrected chi connectivity index (χ2v) is 6.68. The molecule has 1 aliphatic rings. The molecule has 1 heterocycles. The average Bonchev–Trinajstić information content (AvgIpc) is 2.41. The zero-order valence-corrected chi connectivity index (χ0v) is 8.89. The van der Waals surface area contributed by atoms with E-state index in [2.05, 4.69) is 0 Å². The van der Waals surface area contributed by atoms with Crippen molar-refractivity contribution in [3.05, 3.63) is 29.3 Å². The third kappa shape index (κ3) is 1.26. The molecule has 0 spiro atoms. The van der Waals surface area contributed by atoms with E-state index in [0.717, 1.165) is 12.1 Å². The van der Waals surface area contributed by atoms with E-state index >= 15 is 0 Å². The van der Waals surface area contributed by atoms with E-state index < -0.39 is 38.7 Å². The molecule has 0 fully saturated rings. The molecule has 0 nitrogen and oxygen atoms in total. The van der Waals surface area contributed by atoms with E-state index in [0.29, 0.717) is 3.27 Å².